The van der Waals surface area contributed by atoms with Crippen LogP contribution in [0, 0.1) is 5.92 Å². The highest BCUT2D eigenvalue weighted by atomic mass is 35.5. The molecule has 5 heteroatoms. The second-order valence-corrected chi connectivity index (χ2v) is 9.56. The summed E-state index contributed by atoms with van der Waals surface area (Å²) in [5, 5.41) is 2.16. The van der Waals surface area contributed by atoms with E-state index in [9.17, 15) is 0 Å². The maximum Gasteiger partial charge on any atom is 0.0670 e. The van der Waals surface area contributed by atoms with Gasteiger partial charge in [0.1, 0.15) is 0 Å². The van der Waals surface area contributed by atoms with Gasteiger partial charge in [-0.2, -0.15) is 0 Å². The highest BCUT2D eigenvalue weighted by Crippen LogP contribution is 2.38. The Morgan fingerprint density at radius 1 is 0.893 bits per heavy atom. The summed E-state index contributed by atoms with van der Waals surface area (Å²) in [7, 11) is 0. The standard InChI is InChI=1S/C23H27Cl3N2/c1-16-3-2-4-20(13-16)27-11-12-28(22-10-9-19(25)14-21(22)26)23(15-27)17-5-7-18(24)8-6-17/h5-10,14,16,20,23H,2-4,11-13,15H2,1H3. The van der Waals surface area contributed by atoms with Crippen LogP contribution < -0.4 is 4.90 Å². The smallest absolute Gasteiger partial charge is 0.0670 e. The third-order valence-electron chi connectivity index (χ3n) is 6.31. The minimum Gasteiger partial charge on any atom is -0.361 e. The summed E-state index contributed by atoms with van der Waals surface area (Å²) in [6.07, 6.45) is 5.35. The van der Waals surface area contributed by atoms with E-state index in [2.05, 4.69) is 28.9 Å². The first-order valence-electron chi connectivity index (χ1n) is 10.2. The zero-order valence-electron chi connectivity index (χ0n) is 16.3. The number of nitrogens with zero attached hydrogens (tertiary/aromatic N) is 2. The SMILES string of the molecule is CC1CCCC(N2CCN(c3ccc(Cl)cc3Cl)C(c3ccc(Cl)cc3)C2)C1. The molecule has 0 N–H and O–H groups in total. The van der Waals surface area contributed by atoms with Gasteiger partial charge >= 0.3 is 0 Å². The van der Waals surface area contributed by atoms with Crippen LogP contribution >= 0.6 is 34.8 Å². The van der Waals surface area contributed by atoms with Gasteiger partial charge in [0.25, 0.3) is 0 Å². The highest BCUT2D eigenvalue weighted by molar-refractivity contribution is 6.36. The van der Waals surface area contributed by atoms with Gasteiger partial charge in [-0.05, 0) is 54.7 Å². The Labute approximate surface area is 183 Å². The Hall–Kier alpha value is -0.930. The quantitative estimate of drug-likeness (QED) is 0.505. The topological polar surface area (TPSA) is 6.48 Å². The number of rotatable bonds is 3. The fraction of sp³-hybridized carbons (Fsp3) is 0.478. The van der Waals surface area contributed by atoms with Gasteiger partial charge in [-0.25, -0.2) is 0 Å². The van der Waals surface area contributed by atoms with E-state index in [0.717, 1.165) is 36.3 Å². The van der Waals surface area contributed by atoms with Gasteiger partial charge in [-0.15, -0.1) is 0 Å². The van der Waals surface area contributed by atoms with Crippen molar-refractivity contribution in [3.05, 3.63) is 63.1 Å². The predicted molar refractivity (Wildman–Crippen MR) is 121 cm³/mol. The minimum absolute atomic E-state index is 0.252. The summed E-state index contributed by atoms with van der Waals surface area (Å²) < 4.78 is 0. The molecule has 1 saturated heterocycles. The number of piperazine rings is 1. The molecule has 1 heterocycles. The van der Waals surface area contributed by atoms with Crippen LogP contribution in [0.4, 0.5) is 5.69 Å². The van der Waals surface area contributed by atoms with E-state index in [4.69, 9.17) is 34.8 Å². The summed E-state index contributed by atoms with van der Waals surface area (Å²) >= 11 is 18.9. The van der Waals surface area contributed by atoms with Crippen molar-refractivity contribution in [2.45, 2.75) is 44.7 Å². The average Bonchev–Trinajstić information content (AvgIpc) is 2.68. The maximum absolute atomic E-state index is 6.58. The van der Waals surface area contributed by atoms with Crippen LogP contribution in [0.2, 0.25) is 15.1 Å². The molecule has 0 amide bonds. The van der Waals surface area contributed by atoms with Crippen molar-refractivity contribution < 1.29 is 0 Å². The first-order chi connectivity index (χ1) is 13.5. The Morgan fingerprint density at radius 2 is 1.64 bits per heavy atom. The minimum atomic E-state index is 0.252. The lowest BCUT2D eigenvalue weighted by molar-refractivity contribution is 0.111. The van der Waals surface area contributed by atoms with Crippen molar-refractivity contribution >= 4 is 40.5 Å². The van der Waals surface area contributed by atoms with E-state index in [1.54, 1.807) is 0 Å². The molecule has 2 aliphatic rings. The summed E-state index contributed by atoms with van der Waals surface area (Å²) in [4.78, 5) is 5.14. The molecule has 2 nitrogen and oxygen atoms in total. The fourth-order valence-corrected chi connectivity index (χ4v) is 5.49. The van der Waals surface area contributed by atoms with Gasteiger partial charge in [0, 0.05) is 35.7 Å². The molecule has 1 aliphatic heterocycles. The van der Waals surface area contributed by atoms with Crippen molar-refractivity contribution in [1.82, 2.24) is 4.90 Å². The molecule has 0 radical (unpaired) electrons. The first-order valence-corrected chi connectivity index (χ1v) is 11.4. The Balaban J connectivity index is 1.63. The van der Waals surface area contributed by atoms with Crippen LogP contribution in [-0.4, -0.2) is 30.6 Å². The normalized spacial score (nSPS) is 26.4. The Bertz CT molecular complexity index is 808. The largest absolute Gasteiger partial charge is 0.361 e. The van der Waals surface area contributed by atoms with E-state index in [1.165, 1.54) is 31.2 Å². The molecule has 1 aliphatic carbocycles. The molecule has 1 saturated carbocycles. The molecular weight excluding hydrogens is 411 g/mol. The Kier molecular flexibility index (Phi) is 6.42. The molecule has 2 aromatic rings. The fourth-order valence-electron chi connectivity index (χ4n) is 4.84. The van der Waals surface area contributed by atoms with Crippen molar-refractivity contribution in [3.8, 4) is 0 Å². The zero-order valence-corrected chi connectivity index (χ0v) is 18.5. The van der Waals surface area contributed by atoms with Crippen molar-refractivity contribution in [3.63, 3.8) is 0 Å². The zero-order chi connectivity index (χ0) is 19.7. The number of hydrogen-bond acceptors (Lipinski definition) is 2. The number of halogens is 3. The number of benzene rings is 2. The maximum atomic E-state index is 6.58. The molecule has 3 unspecified atom stereocenters. The number of anilines is 1. The highest BCUT2D eigenvalue weighted by Gasteiger charge is 2.34. The van der Waals surface area contributed by atoms with Gasteiger partial charge in [0.2, 0.25) is 0 Å². The van der Waals surface area contributed by atoms with Crippen molar-refractivity contribution in [2.24, 2.45) is 5.92 Å². The Morgan fingerprint density at radius 3 is 2.36 bits per heavy atom. The second-order valence-electron chi connectivity index (χ2n) is 8.28. The summed E-state index contributed by atoms with van der Waals surface area (Å²) in [5.41, 5.74) is 2.34. The van der Waals surface area contributed by atoms with Crippen LogP contribution in [0.15, 0.2) is 42.5 Å². The van der Waals surface area contributed by atoms with E-state index < -0.39 is 0 Å². The molecule has 0 aromatic heterocycles. The third-order valence-corrected chi connectivity index (χ3v) is 7.10. The molecule has 4 rings (SSSR count). The average molecular weight is 438 g/mol. The summed E-state index contributed by atoms with van der Waals surface area (Å²) in [5.74, 6) is 0.830. The van der Waals surface area contributed by atoms with Crippen LogP contribution in [0.1, 0.15) is 44.2 Å². The number of hydrogen-bond donors (Lipinski definition) is 0. The summed E-state index contributed by atoms with van der Waals surface area (Å²) in [6, 6.07) is 15.0. The van der Waals surface area contributed by atoms with Gasteiger partial charge < -0.3 is 4.90 Å². The van der Waals surface area contributed by atoms with Crippen LogP contribution in [0.25, 0.3) is 0 Å². The molecule has 0 bridgehead atoms. The van der Waals surface area contributed by atoms with Crippen LogP contribution in [0.3, 0.4) is 0 Å². The van der Waals surface area contributed by atoms with Gasteiger partial charge in [-0.3, -0.25) is 4.90 Å². The molecule has 150 valence electrons. The molecule has 3 atom stereocenters. The molecule has 28 heavy (non-hydrogen) atoms. The summed E-state index contributed by atoms with van der Waals surface area (Å²) in [6.45, 7) is 5.44. The third kappa shape index (κ3) is 4.46. The lowest BCUT2D eigenvalue weighted by atomic mass is 9.85. The molecule has 0 spiro atoms. The molecule has 2 fully saturated rings. The van der Waals surface area contributed by atoms with Crippen molar-refractivity contribution in [2.75, 3.05) is 24.5 Å². The van der Waals surface area contributed by atoms with Crippen molar-refractivity contribution in [1.29, 1.82) is 0 Å². The first kappa shape index (κ1) is 20.3. The van der Waals surface area contributed by atoms with E-state index in [1.807, 2.05) is 30.3 Å². The van der Waals surface area contributed by atoms with Crippen LogP contribution in [0.5, 0.6) is 0 Å². The molecule has 2 aromatic carbocycles. The van der Waals surface area contributed by atoms with Crippen LogP contribution in [-0.2, 0) is 0 Å². The van der Waals surface area contributed by atoms with Gasteiger partial charge in [0.15, 0.2) is 0 Å². The predicted octanol–water partition coefficient (Wildman–Crippen LogP) is 7.09. The lowest BCUT2D eigenvalue weighted by Crippen LogP contribution is -2.53. The van der Waals surface area contributed by atoms with E-state index in [0.29, 0.717) is 16.1 Å². The van der Waals surface area contributed by atoms with E-state index in [-0.39, 0.29) is 6.04 Å². The molecular formula is C23H27Cl3N2. The monoisotopic (exact) mass is 436 g/mol. The lowest BCUT2D eigenvalue weighted by Gasteiger charge is -2.47. The van der Waals surface area contributed by atoms with Gasteiger partial charge in [0.05, 0.1) is 16.8 Å². The van der Waals surface area contributed by atoms with Gasteiger partial charge in [-0.1, -0.05) is 66.7 Å². The second kappa shape index (κ2) is 8.83. The van der Waals surface area contributed by atoms with E-state index >= 15 is 0 Å².